The Balaban J connectivity index is 1.76. The molecule has 0 radical (unpaired) electrons. The maximum absolute atomic E-state index is 9.76. The number of hydrogen-bond acceptors (Lipinski definition) is 6. The quantitative estimate of drug-likeness (QED) is 0.570. The molecule has 0 saturated heterocycles. The van der Waals surface area contributed by atoms with Gasteiger partial charge in [-0.15, -0.1) is 10.2 Å². The number of benzene rings is 1. The third kappa shape index (κ3) is 5.48. The SMILES string of the molecule is CC(O)C(NCCOc1ccc(Cl)nn1)Oc1ccccc1. The summed E-state index contributed by atoms with van der Waals surface area (Å²) in [7, 11) is 0. The number of halogens is 1. The molecule has 2 unspecified atom stereocenters. The van der Waals surface area contributed by atoms with E-state index in [9.17, 15) is 5.11 Å². The van der Waals surface area contributed by atoms with E-state index in [0.717, 1.165) is 0 Å². The van der Waals surface area contributed by atoms with Crippen molar-refractivity contribution in [2.75, 3.05) is 13.2 Å². The van der Waals surface area contributed by atoms with Crippen LogP contribution < -0.4 is 14.8 Å². The predicted molar refractivity (Wildman–Crippen MR) is 83.1 cm³/mol. The van der Waals surface area contributed by atoms with Crippen LogP contribution in [-0.4, -0.2) is 40.8 Å². The normalized spacial score (nSPS) is 13.4. The Labute approximate surface area is 134 Å². The predicted octanol–water partition coefficient (Wildman–Crippen LogP) is 1.88. The Bertz CT molecular complexity index is 552. The fourth-order valence-corrected chi connectivity index (χ4v) is 1.79. The molecule has 0 spiro atoms. The summed E-state index contributed by atoms with van der Waals surface area (Å²) in [4.78, 5) is 0. The minimum absolute atomic E-state index is 0.316. The van der Waals surface area contributed by atoms with Crippen molar-refractivity contribution in [3.8, 4) is 11.6 Å². The number of ether oxygens (including phenoxy) is 2. The van der Waals surface area contributed by atoms with Crippen LogP contribution in [-0.2, 0) is 0 Å². The maximum atomic E-state index is 9.76. The summed E-state index contributed by atoms with van der Waals surface area (Å²) in [5, 5.41) is 20.6. The summed E-state index contributed by atoms with van der Waals surface area (Å²) in [5.41, 5.74) is 0. The van der Waals surface area contributed by atoms with Crippen LogP contribution in [0.2, 0.25) is 5.15 Å². The van der Waals surface area contributed by atoms with Crippen LogP contribution in [0.15, 0.2) is 42.5 Å². The van der Waals surface area contributed by atoms with E-state index in [-0.39, 0.29) is 0 Å². The van der Waals surface area contributed by atoms with Crippen molar-refractivity contribution >= 4 is 11.6 Å². The van der Waals surface area contributed by atoms with Crippen molar-refractivity contribution in [1.82, 2.24) is 15.5 Å². The highest BCUT2D eigenvalue weighted by molar-refractivity contribution is 6.29. The highest BCUT2D eigenvalue weighted by Gasteiger charge is 2.15. The van der Waals surface area contributed by atoms with Gasteiger partial charge in [-0.05, 0) is 25.1 Å². The van der Waals surface area contributed by atoms with Gasteiger partial charge in [0.05, 0.1) is 0 Å². The maximum Gasteiger partial charge on any atom is 0.233 e. The van der Waals surface area contributed by atoms with Gasteiger partial charge in [-0.3, -0.25) is 5.32 Å². The average Bonchev–Trinajstić information content (AvgIpc) is 2.53. The third-order valence-corrected chi connectivity index (χ3v) is 2.95. The molecule has 6 nitrogen and oxygen atoms in total. The Morgan fingerprint density at radius 2 is 1.95 bits per heavy atom. The molecule has 118 valence electrons. The lowest BCUT2D eigenvalue weighted by Gasteiger charge is -2.22. The fraction of sp³-hybridized carbons (Fsp3) is 0.333. The van der Waals surface area contributed by atoms with Gasteiger partial charge in [-0.1, -0.05) is 29.8 Å². The number of aromatic nitrogens is 2. The molecule has 2 atom stereocenters. The van der Waals surface area contributed by atoms with E-state index in [1.807, 2.05) is 30.3 Å². The highest BCUT2D eigenvalue weighted by Crippen LogP contribution is 2.11. The zero-order chi connectivity index (χ0) is 15.8. The molecule has 2 N–H and O–H groups in total. The minimum Gasteiger partial charge on any atom is -0.475 e. The lowest BCUT2D eigenvalue weighted by atomic mass is 10.3. The summed E-state index contributed by atoms with van der Waals surface area (Å²) in [6, 6.07) is 12.6. The van der Waals surface area contributed by atoms with Gasteiger partial charge in [-0.25, -0.2) is 0 Å². The highest BCUT2D eigenvalue weighted by atomic mass is 35.5. The van der Waals surface area contributed by atoms with Crippen LogP contribution in [0.1, 0.15) is 6.92 Å². The monoisotopic (exact) mass is 323 g/mol. The molecular formula is C15H18ClN3O3. The van der Waals surface area contributed by atoms with E-state index in [0.29, 0.717) is 29.9 Å². The first-order valence-corrected chi connectivity index (χ1v) is 7.28. The van der Waals surface area contributed by atoms with Crippen molar-refractivity contribution < 1.29 is 14.6 Å². The smallest absolute Gasteiger partial charge is 0.233 e. The van der Waals surface area contributed by atoms with Crippen molar-refractivity contribution in [2.45, 2.75) is 19.3 Å². The summed E-state index contributed by atoms with van der Waals surface area (Å²) < 4.78 is 11.1. The second-order valence-corrected chi connectivity index (χ2v) is 4.98. The molecule has 1 heterocycles. The van der Waals surface area contributed by atoms with E-state index in [1.165, 1.54) is 0 Å². The molecule has 0 saturated carbocycles. The first kappa shape index (κ1) is 16.5. The molecule has 1 aromatic carbocycles. The molecule has 0 aliphatic heterocycles. The Morgan fingerprint density at radius 1 is 1.18 bits per heavy atom. The molecule has 1 aromatic heterocycles. The van der Waals surface area contributed by atoms with Crippen molar-refractivity contribution in [3.05, 3.63) is 47.6 Å². The summed E-state index contributed by atoms with van der Waals surface area (Å²) in [6.07, 6.45) is -1.20. The standard InChI is InChI=1S/C15H18ClN3O3/c1-11(20)15(22-12-5-3-2-4-6-12)17-9-10-21-14-8-7-13(16)18-19-14/h2-8,11,15,17,20H,9-10H2,1H3. The number of hydrogen-bond donors (Lipinski definition) is 2. The van der Waals surface area contributed by atoms with Crippen LogP contribution in [0, 0.1) is 0 Å². The Hall–Kier alpha value is -1.89. The fourth-order valence-electron chi connectivity index (χ4n) is 1.69. The van der Waals surface area contributed by atoms with Gasteiger partial charge in [0, 0.05) is 12.6 Å². The van der Waals surface area contributed by atoms with Gasteiger partial charge in [0.1, 0.15) is 18.5 Å². The molecular weight excluding hydrogens is 306 g/mol. The zero-order valence-electron chi connectivity index (χ0n) is 12.1. The molecule has 0 aliphatic rings. The molecule has 0 aliphatic carbocycles. The summed E-state index contributed by atoms with van der Waals surface area (Å²) in [5.74, 6) is 1.08. The Kier molecular flexibility index (Phi) is 6.39. The summed E-state index contributed by atoms with van der Waals surface area (Å²) in [6.45, 7) is 2.50. The summed E-state index contributed by atoms with van der Waals surface area (Å²) >= 11 is 5.64. The first-order chi connectivity index (χ1) is 10.6. The number of aliphatic hydroxyl groups is 1. The largest absolute Gasteiger partial charge is 0.475 e. The van der Waals surface area contributed by atoms with Crippen molar-refractivity contribution in [2.24, 2.45) is 0 Å². The van der Waals surface area contributed by atoms with Gasteiger partial charge >= 0.3 is 0 Å². The molecule has 0 amide bonds. The van der Waals surface area contributed by atoms with Crippen LogP contribution in [0.5, 0.6) is 11.6 Å². The molecule has 7 heteroatoms. The lowest BCUT2D eigenvalue weighted by molar-refractivity contribution is 0.0250. The van der Waals surface area contributed by atoms with Crippen molar-refractivity contribution in [1.29, 1.82) is 0 Å². The number of nitrogens with one attached hydrogen (secondary N) is 1. The lowest BCUT2D eigenvalue weighted by Crippen LogP contribution is -2.44. The minimum atomic E-state index is -0.671. The van der Waals surface area contributed by atoms with E-state index in [4.69, 9.17) is 21.1 Å². The second kappa shape index (κ2) is 8.53. The topological polar surface area (TPSA) is 76.5 Å². The number of nitrogens with zero attached hydrogens (tertiary/aromatic N) is 2. The third-order valence-electron chi connectivity index (χ3n) is 2.75. The van der Waals surface area contributed by atoms with E-state index >= 15 is 0 Å². The molecule has 2 aromatic rings. The molecule has 0 fully saturated rings. The van der Waals surface area contributed by atoms with Gasteiger partial charge in [0.2, 0.25) is 5.88 Å². The molecule has 2 rings (SSSR count). The Morgan fingerprint density at radius 3 is 2.59 bits per heavy atom. The van der Waals surface area contributed by atoms with Gasteiger partial charge in [0.25, 0.3) is 0 Å². The number of aliphatic hydroxyl groups excluding tert-OH is 1. The van der Waals surface area contributed by atoms with E-state index in [1.54, 1.807) is 19.1 Å². The first-order valence-electron chi connectivity index (χ1n) is 6.90. The second-order valence-electron chi connectivity index (χ2n) is 4.59. The van der Waals surface area contributed by atoms with Crippen LogP contribution in [0.3, 0.4) is 0 Å². The molecule has 0 bridgehead atoms. The zero-order valence-corrected chi connectivity index (χ0v) is 12.9. The van der Waals surface area contributed by atoms with Gasteiger partial charge < -0.3 is 14.6 Å². The van der Waals surface area contributed by atoms with E-state index < -0.39 is 12.3 Å². The number of para-hydroxylation sites is 1. The number of rotatable bonds is 8. The van der Waals surface area contributed by atoms with Crippen LogP contribution in [0.25, 0.3) is 0 Å². The van der Waals surface area contributed by atoms with Gasteiger partial charge in [0.15, 0.2) is 11.4 Å². The van der Waals surface area contributed by atoms with Crippen molar-refractivity contribution in [3.63, 3.8) is 0 Å². The van der Waals surface area contributed by atoms with Crippen LogP contribution in [0.4, 0.5) is 0 Å². The van der Waals surface area contributed by atoms with E-state index in [2.05, 4.69) is 15.5 Å². The van der Waals surface area contributed by atoms with Crippen LogP contribution >= 0.6 is 11.6 Å². The molecule has 22 heavy (non-hydrogen) atoms. The average molecular weight is 324 g/mol. The van der Waals surface area contributed by atoms with Gasteiger partial charge in [-0.2, -0.15) is 0 Å².